The summed E-state index contributed by atoms with van der Waals surface area (Å²) in [5, 5.41) is 29.8. The van der Waals surface area contributed by atoms with Crippen LogP contribution in [0.15, 0.2) is 77.7 Å². The molecule has 0 aliphatic carbocycles. The van der Waals surface area contributed by atoms with Gasteiger partial charge in [0.25, 0.3) is 0 Å². The molecule has 0 bridgehead atoms. The lowest BCUT2D eigenvalue weighted by Gasteiger charge is -2.38. The van der Waals surface area contributed by atoms with Gasteiger partial charge in [-0.1, -0.05) is 42.5 Å². The number of primary sulfonamides is 1. The smallest absolute Gasteiger partial charge is 0.475 e. The minimum atomic E-state index is -5.08. The Labute approximate surface area is 239 Å². The second-order valence-electron chi connectivity index (χ2n) is 9.33. The molecule has 0 radical (unpaired) electrons. The number of hydrogen-bond donors (Lipinski definition) is 7. The standard InChI is InChI=1S/C25H28N6O3S.C2HF3O2/c26-23(27)18-4-3-5-20(16-18)31-25(12-14-29-15-13-25)24(32)30-19-10-8-17(9-11-19)21-6-1-2-7-22(21)35(28,33)34;3-2(4,5)1(6)7/h1-11,16,29,31H,12-15H2,(H3,26,27)(H,30,32)(H2,28,33,34);(H,6,7). The highest BCUT2D eigenvalue weighted by molar-refractivity contribution is 7.89. The van der Waals surface area contributed by atoms with Gasteiger partial charge in [-0.15, -0.1) is 0 Å². The number of benzene rings is 3. The van der Waals surface area contributed by atoms with Crippen LogP contribution in [0.25, 0.3) is 11.1 Å². The lowest BCUT2D eigenvalue weighted by molar-refractivity contribution is -0.192. The van der Waals surface area contributed by atoms with E-state index < -0.39 is 27.7 Å². The number of carboxylic acid groups (broad SMARTS) is 1. The molecule has 1 saturated heterocycles. The first-order valence-corrected chi connectivity index (χ1v) is 13.9. The van der Waals surface area contributed by atoms with Gasteiger partial charge in [0.15, 0.2) is 0 Å². The first-order chi connectivity index (χ1) is 19.6. The fourth-order valence-electron chi connectivity index (χ4n) is 4.24. The number of nitrogens with two attached hydrogens (primary N) is 2. The molecule has 15 heteroatoms. The summed E-state index contributed by atoms with van der Waals surface area (Å²) in [6, 6.07) is 20.6. The van der Waals surface area contributed by atoms with Gasteiger partial charge in [0.05, 0.1) is 4.90 Å². The van der Waals surface area contributed by atoms with Crippen molar-refractivity contribution in [3.8, 4) is 11.1 Å². The van der Waals surface area contributed by atoms with Crippen LogP contribution in [0, 0.1) is 5.41 Å². The van der Waals surface area contributed by atoms with E-state index in [1.54, 1.807) is 60.7 Å². The monoisotopic (exact) mass is 606 g/mol. The van der Waals surface area contributed by atoms with Crippen molar-refractivity contribution in [2.75, 3.05) is 23.7 Å². The van der Waals surface area contributed by atoms with E-state index in [2.05, 4.69) is 16.0 Å². The van der Waals surface area contributed by atoms with Crippen LogP contribution in [-0.2, 0) is 19.6 Å². The van der Waals surface area contributed by atoms with Crippen molar-refractivity contribution < 1.29 is 36.3 Å². The number of hydrogen-bond acceptors (Lipinski definition) is 7. The van der Waals surface area contributed by atoms with E-state index in [9.17, 15) is 26.4 Å². The van der Waals surface area contributed by atoms with Crippen molar-refractivity contribution in [1.29, 1.82) is 5.41 Å². The minimum absolute atomic E-state index is 0.0402. The second-order valence-corrected chi connectivity index (χ2v) is 10.9. The summed E-state index contributed by atoms with van der Waals surface area (Å²) in [7, 11) is -3.88. The van der Waals surface area contributed by atoms with E-state index in [0.717, 1.165) is 0 Å². The maximum atomic E-state index is 13.5. The van der Waals surface area contributed by atoms with Gasteiger partial charge in [-0.3, -0.25) is 10.2 Å². The van der Waals surface area contributed by atoms with Gasteiger partial charge >= 0.3 is 12.1 Å². The van der Waals surface area contributed by atoms with E-state index in [4.69, 9.17) is 26.2 Å². The summed E-state index contributed by atoms with van der Waals surface area (Å²) in [4.78, 5) is 22.4. The van der Waals surface area contributed by atoms with Crippen molar-refractivity contribution in [2.24, 2.45) is 10.9 Å². The van der Waals surface area contributed by atoms with Gasteiger partial charge in [0.1, 0.15) is 11.4 Å². The Morgan fingerprint density at radius 3 is 2.10 bits per heavy atom. The molecule has 3 aromatic carbocycles. The van der Waals surface area contributed by atoms with Crippen LogP contribution < -0.4 is 26.8 Å². The Kier molecular flexibility index (Phi) is 9.93. The largest absolute Gasteiger partial charge is 0.490 e. The van der Waals surface area contributed by atoms with Crippen LogP contribution in [0.5, 0.6) is 0 Å². The molecule has 9 N–H and O–H groups in total. The molecule has 0 aromatic heterocycles. The number of piperidine rings is 1. The third kappa shape index (κ3) is 8.28. The topological polar surface area (TPSA) is 200 Å². The molecule has 1 heterocycles. The number of nitrogen functional groups attached to an aromatic ring is 1. The van der Waals surface area contributed by atoms with Gasteiger partial charge in [-0.2, -0.15) is 13.2 Å². The number of amides is 1. The zero-order chi connectivity index (χ0) is 31.1. The normalized spacial score (nSPS) is 14.6. The SMILES string of the molecule is N=C(N)c1cccc(NC2(C(=O)Nc3ccc(-c4ccccc4S(N)(=O)=O)cc3)CCNCC2)c1.O=C(O)C(F)(F)F. The Hall–Kier alpha value is -4.47. The summed E-state index contributed by atoms with van der Waals surface area (Å²) in [6.07, 6.45) is -3.94. The van der Waals surface area contributed by atoms with Crippen LogP contribution >= 0.6 is 0 Å². The van der Waals surface area contributed by atoms with Crippen molar-refractivity contribution in [2.45, 2.75) is 29.5 Å². The number of anilines is 2. The number of carboxylic acids is 1. The Bertz CT molecular complexity index is 1560. The average Bonchev–Trinajstić information content (AvgIpc) is 2.93. The Morgan fingerprint density at radius 2 is 1.55 bits per heavy atom. The lowest BCUT2D eigenvalue weighted by Crippen LogP contribution is -2.55. The van der Waals surface area contributed by atoms with E-state index in [1.165, 1.54) is 6.07 Å². The zero-order valence-electron chi connectivity index (χ0n) is 22.0. The Balaban J connectivity index is 0.000000616. The third-order valence-corrected chi connectivity index (χ3v) is 7.31. The third-order valence-electron chi connectivity index (χ3n) is 6.34. The minimum Gasteiger partial charge on any atom is -0.475 e. The molecule has 11 nitrogen and oxygen atoms in total. The first kappa shape index (κ1) is 32.0. The number of carbonyl (C=O) groups excluding carboxylic acids is 1. The van der Waals surface area contributed by atoms with Crippen LogP contribution in [-0.4, -0.2) is 56.0 Å². The van der Waals surface area contributed by atoms with E-state index in [1.807, 2.05) is 6.07 Å². The van der Waals surface area contributed by atoms with Crippen molar-refractivity contribution in [3.63, 3.8) is 0 Å². The molecule has 1 aliphatic rings. The molecule has 3 aromatic rings. The number of aliphatic carboxylic acids is 1. The van der Waals surface area contributed by atoms with Crippen molar-refractivity contribution >= 4 is 39.1 Å². The predicted octanol–water partition coefficient (Wildman–Crippen LogP) is 3.09. The second kappa shape index (κ2) is 13.0. The highest BCUT2D eigenvalue weighted by Crippen LogP contribution is 2.30. The van der Waals surface area contributed by atoms with Gasteiger partial charge < -0.3 is 26.8 Å². The van der Waals surface area contributed by atoms with Crippen LogP contribution in [0.1, 0.15) is 18.4 Å². The lowest BCUT2D eigenvalue weighted by atomic mass is 9.86. The van der Waals surface area contributed by atoms with Crippen molar-refractivity contribution in [1.82, 2.24) is 5.32 Å². The number of carbonyl (C=O) groups is 2. The molecular formula is C27H29F3N6O5S. The fourth-order valence-corrected chi connectivity index (χ4v) is 5.00. The van der Waals surface area contributed by atoms with Crippen molar-refractivity contribution in [3.05, 3.63) is 78.4 Å². The van der Waals surface area contributed by atoms with Crippen LogP contribution in [0.4, 0.5) is 24.5 Å². The van der Waals surface area contributed by atoms with E-state index >= 15 is 0 Å². The molecule has 0 saturated carbocycles. The molecule has 1 fully saturated rings. The summed E-state index contributed by atoms with van der Waals surface area (Å²) in [5.74, 6) is -2.97. The molecule has 0 unspecified atom stereocenters. The van der Waals surface area contributed by atoms with E-state index in [-0.39, 0.29) is 16.6 Å². The molecule has 0 atom stereocenters. The Morgan fingerprint density at radius 1 is 0.952 bits per heavy atom. The number of amidine groups is 1. The molecule has 4 rings (SSSR count). The summed E-state index contributed by atoms with van der Waals surface area (Å²) >= 11 is 0. The summed E-state index contributed by atoms with van der Waals surface area (Å²) in [6.45, 7) is 1.35. The first-order valence-electron chi connectivity index (χ1n) is 12.4. The molecule has 1 amide bonds. The fraction of sp³-hybridized carbons (Fsp3) is 0.222. The molecular weight excluding hydrogens is 577 g/mol. The predicted molar refractivity (Wildman–Crippen MR) is 151 cm³/mol. The van der Waals surface area contributed by atoms with Gasteiger partial charge in [-0.25, -0.2) is 18.4 Å². The average molecular weight is 607 g/mol. The number of halogens is 3. The maximum absolute atomic E-state index is 13.5. The van der Waals surface area contributed by atoms with Gasteiger partial charge in [0.2, 0.25) is 15.9 Å². The number of nitrogens with one attached hydrogen (secondary N) is 4. The number of rotatable bonds is 7. The molecule has 1 aliphatic heterocycles. The number of alkyl halides is 3. The number of sulfonamides is 1. The highest BCUT2D eigenvalue weighted by Gasteiger charge is 2.40. The maximum Gasteiger partial charge on any atom is 0.490 e. The van der Waals surface area contributed by atoms with Gasteiger partial charge in [-0.05, 0) is 61.8 Å². The quantitative estimate of drug-likeness (QED) is 0.157. The summed E-state index contributed by atoms with van der Waals surface area (Å²) < 4.78 is 55.6. The van der Waals surface area contributed by atoms with Crippen LogP contribution in [0.2, 0.25) is 0 Å². The van der Waals surface area contributed by atoms with Crippen LogP contribution in [0.3, 0.4) is 0 Å². The zero-order valence-corrected chi connectivity index (χ0v) is 22.9. The van der Waals surface area contributed by atoms with Gasteiger partial charge in [0, 0.05) is 22.5 Å². The highest BCUT2D eigenvalue weighted by atomic mass is 32.2. The molecule has 0 spiro atoms. The summed E-state index contributed by atoms with van der Waals surface area (Å²) in [5.41, 5.74) is 7.82. The molecule has 224 valence electrons. The van der Waals surface area contributed by atoms with E-state index in [0.29, 0.717) is 54.0 Å². The molecule has 42 heavy (non-hydrogen) atoms.